The number of benzene rings is 1. The molecule has 1 aliphatic heterocycles. The molecule has 0 unspecified atom stereocenters. The van der Waals surface area contributed by atoms with Gasteiger partial charge in [-0.2, -0.15) is 0 Å². The Kier molecular flexibility index (Phi) is 3.66. The van der Waals surface area contributed by atoms with Crippen LogP contribution in [0.1, 0.15) is 12.0 Å². The summed E-state index contributed by atoms with van der Waals surface area (Å²) in [6.45, 7) is 2.38. The third-order valence-corrected chi connectivity index (χ3v) is 4.64. The van der Waals surface area contributed by atoms with Crippen molar-refractivity contribution in [3.05, 3.63) is 34.3 Å². The van der Waals surface area contributed by atoms with Gasteiger partial charge in [0.15, 0.2) is 5.58 Å². The molecule has 5 heteroatoms. The zero-order valence-corrected chi connectivity index (χ0v) is 11.9. The number of fused-ring (bicyclic) bond motifs is 1. The van der Waals surface area contributed by atoms with Gasteiger partial charge in [0.25, 0.3) is 0 Å². The van der Waals surface area contributed by atoms with Gasteiger partial charge in [-0.1, -0.05) is 6.07 Å². The minimum Gasteiger partial charge on any atom is -0.408 e. The first-order valence-corrected chi connectivity index (χ1v) is 7.78. The van der Waals surface area contributed by atoms with Gasteiger partial charge in [-0.15, -0.1) is 11.8 Å². The Hall–Kier alpha value is -1.20. The van der Waals surface area contributed by atoms with E-state index in [2.05, 4.69) is 11.0 Å². The maximum absolute atomic E-state index is 11.4. The second-order valence-corrected chi connectivity index (χ2v) is 6.06. The summed E-state index contributed by atoms with van der Waals surface area (Å²) in [6.07, 6.45) is 2.19. The summed E-state index contributed by atoms with van der Waals surface area (Å²) in [5.41, 5.74) is 2.81. The van der Waals surface area contributed by atoms with Crippen LogP contribution in [0.5, 0.6) is 0 Å². The minimum atomic E-state index is -0.291. The van der Waals surface area contributed by atoms with E-state index in [4.69, 9.17) is 4.42 Å². The van der Waals surface area contributed by atoms with Crippen LogP contribution in [0.4, 0.5) is 0 Å². The molecular formula is C14H18N2O2S. The summed E-state index contributed by atoms with van der Waals surface area (Å²) in [6, 6.07) is 6.06. The molecule has 1 aliphatic rings. The molecule has 0 amide bonds. The summed E-state index contributed by atoms with van der Waals surface area (Å²) in [4.78, 5) is 13.9. The van der Waals surface area contributed by atoms with Gasteiger partial charge in [-0.05, 0) is 37.1 Å². The molecule has 102 valence electrons. The van der Waals surface area contributed by atoms with Crippen LogP contribution < -0.4 is 5.76 Å². The standard InChI is InChI=1S/C14H18N2O2S/c1-15-12-5-4-11(9-13(12)18-14(15)17)3-2-6-16-7-8-19-10-16/h4-5,9H,2-3,6-8,10H2,1H3. The van der Waals surface area contributed by atoms with E-state index >= 15 is 0 Å². The van der Waals surface area contributed by atoms with E-state index in [0.717, 1.165) is 24.9 Å². The largest absolute Gasteiger partial charge is 0.419 e. The van der Waals surface area contributed by atoms with Gasteiger partial charge in [0.2, 0.25) is 0 Å². The molecule has 0 saturated carbocycles. The maximum Gasteiger partial charge on any atom is 0.419 e. The number of aromatic nitrogens is 1. The highest BCUT2D eigenvalue weighted by molar-refractivity contribution is 7.99. The van der Waals surface area contributed by atoms with Crippen molar-refractivity contribution in [1.29, 1.82) is 0 Å². The van der Waals surface area contributed by atoms with Crippen LogP contribution in [0, 0.1) is 0 Å². The highest BCUT2D eigenvalue weighted by atomic mass is 32.2. The van der Waals surface area contributed by atoms with Crippen LogP contribution in [0.25, 0.3) is 11.1 Å². The fourth-order valence-electron chi connectivity index (χ4n) is 2.47. The fourth-order valence-corrected chi connectivity index (χ4v) is 3.50. The average molecular weight is 278 g/mol. The molecule has 1 saturated heterocycles. The Morgan fingerprint density at radius 1 is 1.42 bits per heavy atom. The van der Waals surface area contributed by atoms with Gasteiger partial charge < -0.3 is 4.42 Å². The molecule has 3 rings (SSSR count). The van der Waals surface area contributed by atoms with E-state index in [9.17, 15) is 4.79 Å². The van der Waals surface area contributed by atoms with E-state index in [0.29, 0.717) is 5.58 Å². The lowest BCUT2D eigenvalue weighted by molar-refractivity contribution is 0.350. The van der Waals surface area contributed by atoms with Gasteiger partial charge in [0, 0.05) is 25.2 Å². The smallest absolute Gasteiger partial charge is 0.408 e. The predicted molar refractivity (Wildman–Crippen MR) is 78.7 cm³/mol. The summed E-state index contributed by atoms with van der Waals surface area (Å²) < 4.78 is 6.75. The predicted octanol–water partition coefficient (Wildman–Crippen LogP) is 2.07. The van der Waals surface area contributed by atoms with Crippen LogP contribution >= 0.6 is 11.8 Å². The molecular weight excluding hydrogens is 260 g/mol. The quantitative estimate of drug-likeness (QED) is 0.858. The van der Waals surface area contributed by atoms with Gasteiger partial charge in [0.1, 0.15) is 0 Å². The Balaban J connectivity index is 1.66. The molecule has 0 radical (unpaired) electrons. The van der Waals surface area contributed by atoms with Gasteiger partial charge in [-0.25, -0.2) is 4.79 Å². The number of oxazole rings is 1. The van der Waals surface area contributed by atoms with Gasteiger partial charge >= 0.3 is 5.76 Å². The zero-order valence-electron chi connectivity index (χ0n) is 11.1. The Bertz CT molecular complexity index is 626. The van der Waals surface area contributed by atoms with Crippen molar-refractivity contribution in [1.82, 2.24) is 9.47 Å². The summed E-state index contributed by atoms with van der Waals surface area (Å²) in [5.74, 6) is 2.15. The second-order valence-electron chi connectivity index (χ2n) is 4.99. The lowest BCUT2D eigenvalue weighted by atomic mass is 10.1. The molecule has 0 bridgehead atoms. The van der Waals surface area contributed by atoms with Crippen molar-refractivity contribution in [2.24, 2.45) is 7.05 Å². The fraction of sp³-hybridized carbons (Fsp3) is 0.500. The second kappa shape index (κ2) is 5.43. The van der Waals surface area contributed by atoms with Crippen molar-refractivity contribution in [3.63, 3.8) is 0 Å². The minimum absolute atomic E-state index is 0.291. The molecule has 2 aromatic rings. The van der Waals surface area contributed by atoms with Crippen molar-refractivity contribution in [2.45, 2.75) is 12.8 Å². The molecule has 19 heavy (non-hydrogen) atoms. The highest BCUT2D eigenvalue weighted by Gasteiger charge is 2.11. The first kappa shape index (κ1) is 12.8. The van der Waals surface area contributed by atoms with Crippen LogP contribution in [-0.2, 0) is 13.5 Å². The highest BCUT2D eigenvalue weighted by Crippen LogP contribution is 2.17. The molecule has 0 spiro atoms. The van der Waals surface area contributed by atoms with E-state index in [-0.39, 0.29) is 5.76 Å². The first-order valence-electron chi connectivity index (χ1n) is 6.62. The number of nitrogens with zero attached hydrogens (tertiary/aromatic N) is 2. The molecule has 1 aromatic heterocycles. The summed E-state index contributed by atoms with van der Waals surface area (Å²) in [7, 11) is 1.74. The average Bonchev–Trinajstić information content (AvgIpc) is 3.00. The first-order chi connectivity index (χ1) is 9.24. The monoisotopic (exact) mass is 278 g/mol. The number of hydrogen-bond donors (Lipinski definition) is 0. The Labute approximate surface area is 116 Å². The molecule has 0 aliphatic carbocycles. The van der Waals surface area contributed by atoms with Crippen molar-refractivity contribution < 1.29 is 4.42 Å². The van der Waals surface area contributed by atoms with Gasteiger partial charge in [-0.3, -0.25) is 9.47 Å². The van der Waals surface area contributed by atoms with Crippen molar-refractivity contribution in [3.8, 4) is 0 Å². The lowest BCUT2D eigenvalue weighted by Gasteiger charge is -2.12. The molecule has 0 atom stereocenters. The SMILES string of the molecule is Cn1c(=O)oc2cc(CCCN3CCSC3)ccc21. The molecule has 1 fully saturated rings. The number of aryl methyl sites for hydroxylation is 2. The third kappa shape index (κ3) is 2.72. The molecule has 2 heterocycles. The number of rotatable bonds is 4. The van der Waals surface area contributed by atoms with Crippen molar-refractivity contribution >= 4 is 22.9 Å². The zero-order chi connectivity index (χ0) is 13.2. The normalized spacial score (nSPS) is 16.5. The topological polar surface area (TPSA) is 38.4 Å². The van der Waals surface area contributed by atoms with Crippen molar-refractivity contribution in [2.75, 3.05) is 24.7 Å². The number of thioether (sulfide) groups is 1. The Morgan fingerprint density at radius 2 is 2.32 bits per heavy atom. The molecule has 4 nitrogen and oxygen atoms in total. The molecule has 0 N–H and O–H groups in total. The van der Waals surface area contributed by atoms with Crippen LogP contribution in [-0.4, -0.2) is 34.2 Å². The number of hydrogen-bond acceptors (Lipinski definition) is 4. The summed E-state index contributed by atoms with van der Waals surface area (Å²) in [5, 5.41) is 0. The van der Waals surface area contributed by atoms with Crippen LogP contribution in [0.2, 0.25) is 0 Å². The van der Waals surface area contributed by atoms with Crippen LogP contribution in [0.15, 0.2) is 27.4 Å². The summed E-state index contributed by atoms with van der Waals surface area (Å²) >= 11 is 2.01. The maximum atomic E-state index is 11.4. The van der Waals surface area contributed by atoms with E-state index in [1.54, 1.807) is 11.6 Å². The van der Waals surface area contributed by atoms with E-state index in [1.165, 1.54) is 23.7 Å². The van der Waals surface area contributed by atoms with Gasteiger partial charge in [0.05, 0.1) is 5.52 Å². The van der Waals surface area contributed by atoms with E-state index < -0.39 is 0 Å². The Morgan fingerprint density at radius 3 is 3.11 bits per heavy atom. The van der Waals surface area contributed by atoms with E-state index in [1.807, 2.05) is 23.9 Å². The lowest BCUT2D eigenvalue weighted by Crippen LogP contribution is -2.20. The van der Waals surface area contributed by atoms with Crippen LogP contribution in [0.3, 0.4) is 0 Å². The molecule has 1 aromatic carbocycles. The third-order valence-electron chi connectivity index (χ3n) is 3.62.